The number of aromatic nitrogens is 1. The normalized spacial score (nSPS) is 25.2. The first-order valence-electron chi connectivity index (χ1n) is 6.48. The van der Waals surface area contributed by atoms with Gasteiger partial charge in [0.1, 0.15) is 0 Å². The van der Waals surface area contributed by atoms with Crippen molar-refractivity contribution in [3.8, 4) is 0 Å². The van der Waals surface area contributed by atoms with Gasteiger partial charge in [-0.25, -0.2) is 0 Å². The standard InChI is InChI=1S/C14H23N3O/c1-14(2)11-16(3)13(10-18)9-17(14)8-12-5-4-6-15-7-12/h4-7,13,18H,8-11H2,1-3H3. The summed E-state index contributed by atoms with van der Waals surface area (Å²) in [7, 11) is 2.09. The SMILES string of the molecule is CN1CC(C)(C)N(Cc2cccnc2)CC1CO. The molecular weight excluding hydrogens is 226 g/mol. The number of pyridine rings is 1. The smallest absolute Gasteiger partial charge is 0.0599 e. The van der Waals surface area contributed by atoms with E-state index in [9.17, 15) is 5.11 Å². The average molecular weight is 249 g/mol. The maximum atomic E-state index is 9.43. The molecule has 2 heterocycles. The van der Waals surface area contributed by atoms with Gasteiger partial charge in [0.25, 0.3) is 0 Å². The first-order chi connectivity index (χ1) is 8.53. The second-order valence-electron chi connectivity index (χ2n) is 5.81. The van der Waals surface area contributed by atoms with Crippen LogP contribution in [0, 0.1) is 0 Å². The summed E-state index contributed by atoms with van der Waals surface area (Å²) in [5.41, 5.74) is 1.35. The van der Waals surface area contributed by atoms with Crippen molar-refractivity contribution in [2.75, 3.05) is 26.7 Å². The van der Waals surface area contributed by atoms with Gasteiger partial charge in [-0.05, 0) is 32.5 Å². The molecular formula is C14H23N3O. The van der Waals surface area contributed by atoms with Crippen molar-refractivity contribution in [3.05, 3.63) is 30.1 Å². The number of hydrogen-bond acceptors (Lipinski definition) is 4. The van der Waals surface area contributed by atoms with Crippen molar-refractivity contribution in [3.63, 3.8) is 0 Å². The molecule has 1 saturated heterocycles. The van der Waals surface area contributed by atoms with Crippen LogP contribution in [0.15, 0.2) is 24.5 Å². The minimum absolute atomic E-state index is 0.121. The predicted molar refractivity (Wildman–Crippen MR) is 72.2 cm³/mol. The zero-order valence-corrected chi connectivity index (χ0v) is 11.5. The number of aliphatic hydroxyl groups excluding tert-OH is 1. The van der Waals surface area contributed by atoms with Crippen LogP contribution in [0.4, 0.5) is 0 Å². The second kappa shape index (κ2) is 5.34. The van der Waals surface area contributed by atoms with Crippen LogP contribution in [0.5, 0.6) is 0 Å². The Kier molecular flexibility index (Phi) is 4.00. The topological polar surface area (TPSA) is 39.6 Å². The zero-order valence-electron chi connectivity index (χ0n) is 11.5. The van der Waals surface area contributed by atoms with Gasteiger partial charge >= 0.3 is 0 Å². The monoisotopic (exact) mass is 249 g/mol. The minimum Gasteiger partial charge on any atom is -0.395 e. The fourth-order valence-corrected chi connectivity index (χ4v) is 2.67. The average Bonchev–Trinajstić information content (AvgIpc) is 2.33. The van der Waals surface area contributed by atoms with E-state index in [1.54, 1.807) is 6.20 Å². The van der Waals surface area contributed by atoms with Crippen LogP contribution < -0.4 is 0 Å². The molecule has 1 N–H and O–H groups in total. The molecule has 4 heteroatoms. The molecule has 1 fully saturated rings. The molecule has 0 radical (unpaired) electrons. The van der Waals surface area contributed by atoms with E-state index in [1.807, 2.05) is 12.3 Å². The molecule has 1 aliphatic rings. The van der Waals surface area contributed by atoms with Crippen LogP contribution in [0.3, 0.4) is 0 Å². The van der Waals surface area contributed by atoms with Gasteiger partial charge in [-0.1, -0.05) is 6.07 Å². The maximum Gasteiger partial charge on any atom is 0.0599 e. The summed E-state index contributed by atoms with van der Waals surface area (Å²) < 4.78 is 0. The molecule has 100 valence electrons. The number of aliphatic hydroxyl groups is 1. The first-order valence-corrected chi connectivity index (χ1v) is 6.48. The molecule has 2 rings (SSSR count). The Labute approximate surface area is 109 Å². The summed E-state index contributed by atoms with van der Waals surface area (Å²) in [5.74, 6) is 0. The summed E-state index contributed by atoms with van der Waals surface area (Å²) in [5, 5.41) is 9.43. The van der Waals surface area contributed by atoms with Crippen molar-refractivity contribution >= 4 is 0 Å². The van der Waals surface area contributed by atoms with Gasteiger partial charge in [0.2, 0.25) is 0 Å². The molecule has 1 aromatic heterocycles. The van der Waals surface area contributed by atoms with E-state index in [4.69, 9.17) is 0 Å². The Balaban J connectivity index is 2.10. The predicted octanol–water partition coefficient (Wildman–Crippen LogP) is 0.968. The summed E-state index contributed by atoms with van der Waals surface area (Å²) in [4.78, 5) is 8.85. The molecule has 0 aromatic carbocycles. The van der Waals surface area contributed by atoms with E-state index >= 15 is 0 Å². The van der Waals surface area contributed by atoms with Crippen LogP contribution >= 0.6 is 0 Å². The lowest BCUT2D eigenvalue weighted by atomic mass is 9.95. The molecule has 0 amide bonds. The Hall–Kier alpha value is -0.970. The lowest BCUT2D eigenvalue weighted by Crippen LogP contribution is -2.62. The van der Waals surface area contributed by atoms with Crippen LogP contribution in [-0.2, 0) is 6.54 Å². The molecule has 1 aliphatic heterocycles. The van der Waals surface area contributed by atoms with Gasteiger partial charge in [-0.2, -0.15) is 0 Å². The first kappa shape index (κ1) is 13.5. The quantitative estimate of drug-likeness (QED) is 0.866. The highest BCUT2D eigenvalue weighted by Gasteiger charge is 2.36. The third-order valence-corrected chi connectivity index (χ3v) is 3.85. The molecule has 0 bridgehead atoms. The van der Waals surface area contributed by atoms with Crippen LogP contribution in [0.2, 0.25) is 0 Å². The lowest BCUT2D eigenvalue weighted by molar-refractivity contribution is -0.0270. The lowest BCUT2D eigenvalue weighted by Gasteiger charge is -2.49. The highest BCUT2D eigenvalue weighted by Crippen LogP contribution is 2.25. The van der Waals surface area contributed by atoms with Crippen LogP contribution in [-0.4, -0.2) is 58.2 Å². The van der Waals surface area contributed by atoms with Crippen LogP contribution in [0.1, 0.15) is 19.4 Å². The van der Waals surface area contributed by atoms with Crippen molar-refractivity contribution in [1.29, 1.82) is 0 Å². The Bertz CT molecular complexity index is 380. The summed E-state index contributed by atoms with van der Waals surface area (Å²) >= 11 is 0. The van der Waals surface area contributed by atoms with Gasteiger partial charge in [0, 0.05) is 43.6 Å². The summed E-state index contributed by atoms with van der Waals surface area (Å²) in [6.07, 6.45) is 3.72. The number of hydrogen-bond donors (Lipinski definition) is 1. The zero-order chi connectivity index (χ0) is 13.2. The second-order valence-corrected chi connectivity index (χ2v) is 5.81. The summed E-state index contributed by atoms with van der Waals surface area (Å²) in [6.45, 7) is 7.50. The van der Waals surface area contributed by atoms with Gasteiger partial charge in [-0.3, -0.25) is 14.8 Å². The fourth-order valence-electron chi connectivity index (χ4n) is 2.67. The van der Waals surface area contributed by atoms with E-state index < -0.39 is 0 Å². The third kappa shape index (κ3) is 2.88. The molecule has 4 nitrogen and oxygen atoms in total. The largest absolute Gasteiger partial charge is 0.395 e. The maximum absolute atomic E-state index is 9.43. The van der Waals surface area contributed by atoms with E-state index in [-0.39, 0.29) is 18.2 Å². The van der Waals surface area contributed by atoms with Gasteiger partial charge < -0.3 is 5.11 Å². The minimum atomic E-state index is 0.121. The fraction of sp³-hybridized carbons (Fsp3) is 0.643. The molecule has 0 spiro atoms. The van der Waals surface area contributed by atoms with E-state index in [0.29, 0.717) is 0 Å². The molecule has 1 atom stereocenters. The van der Waals surface area contributed by atoms with Gasteiger partial charge in [0.15, 0.2) is 0 Å². The van der Waals surface area contributed by atoms with E-state index in [2.05, 4.69) is 41.7 Å². The van der Waals surface area contributed by atoms with Gasteiger partial charge in [0.05, 0.1) is 6.61 Å². The highest BCUT2D eigenvalue weighted by molar-refractivity contribution is 5.10. The molecule has 1 aromatic rings. The molecule has 1 unspecified atom stereocenters. The molecule has 0 aliphatic carbocycles. The Morgan fingerprint density at radius 3 is 2.89 bits per heavy atom. The summed E-state index contributed by atoms with van der Waals surface area (Å²) in [6, 6.07) is 4.31. The highest BCUT2D eigenvalue weighted by atomic mass is 16.3. The number of piperazine rings is 1. The van der Waals surface area contributed by atoms with Crippen molar-refractivity contribution < 1.29 is 5.11 Å². The number of nitrogens with zero attached hydrogens (tertiary/aromatic N) is 3. The van der Waals surface area contributed by atoms with Gasteiger partial charge in [-0.15, -0.1) is 0 Å². The van der Waals surface area contributed by atoms with Crippen molar-refractivity contribution in [1.82, 2.24) is 14.8 Å². The molecule has 18 heavy (non-hydrogen) atoms. The number of likely N-dealkylation sites (N-methyl/N-ethyl adjacent to an activating group) is 1. The Morgan fingerprint density at radius 2 is 2.28 bits per heavy atom. The molecule has 0 saturated carbocycles. The van der Waals surface area contributed by atoms with Crippen molar-refractivity contribution in [2.24, 2.45) is 0 Å². The van der Waals surface area contributed by atoms with E-state index in [1.165, 1.54) is 5.56 Å². The van der Waals surface area contributed by atoms with E-state index in [0.717, 1.165) is 19.6 Å². The van der Waals surface area contributed by atoms with Crippen molar-refractivity contribution in [2.45, 2.75) is 32.0 Å². The third-order valence-electron chi connectivity index (χ3n) is 3.85. The number of rotatable bonds is 3. The Morgan fingerprint density at radius 1 is 1.50 bits per heavy atom. The van der Waals surface area contributed by atoms with Crippen LogP contribution in [0.25, 0.3) is 0 Å².